The Morgan fingerprint density at radius 3 is 0.914 bits per heavy atom. The summed E-state index contributed by atoms with van der Waals surface area (Å²) in [5.41, 5.74) is 0. The number of likely N-dealkylation sites (tertiary alicyclic amines) is 5. The molecule has 0 aliphatic carbocycles. The van der Waals surface area contributed by atoms with E-state index < -0.39 is 34.2 Å². The van der Waals surface area contributed by atoms with Crippen LogP contribution in [0.5, 0.6) is 0 Å². The second-order valence-corrected chi connectivity index (χ2v) is 24.3. The number of methoxy groups -OCH3 is 1. The fraction of sp³-hybridized carbons (Fsp3) is 0.828. The number of aliphatic carboxylic acids is 1. The first kappa shape index (κ1) is 85.0. The Balaban J connectivity index is 0.000000598. The summed E-state index contributed by atoms with van der Waals surface area (Å²) in [5, 5.41) is 17.1. The van der Waals surface area contributed by atoms with Crippen LogP contribution < -0.4 is 0 Å². The molecule has 0 spiro atoms. The summed E-state index contributed by atoms with van der Waals surface area (Å²) >= 11 is 0. The van der Waals surface area contributed by atoms with E-state index in [1.807, 2.05) is 11.8 Å². The van der Waals surface area contributed by atoms with Crippen molar-refractivity contribution in [3.63, 3.8) is 0 Å². The van der Waals surface area contributed by atoms with Gasteiger partial charge < -0.3 is 63.1 Å². The first-order chi connectivity index (χ1) is 44.4. The van der Waals surface area contributed by atoms with Crippen molar-refractivity contribution >= 4 is 75.8 Å². The molecule has 93 heavy (non-hydrogen) atoms. The molecule has 0 radical (unpaired) electrons. The van der Waals surface area contributed by atoms with Crippen molar-refractivity contribution in [2.45, 2.75) is 189 Å². The van der Waals surface area contributed by atoms with Gasteiger partial charge in [0.2, 0.25) is 29.5 Å². The van der Waals surface area contributed by atoms with E-state index in [1.54, 1.807) is 44.6 Å². The second-order valence-electron chi connectivity index (χ2n) is 23.2. The molecule has 5 aliphatic rings. The molecule has 0 aromatic rings. The first-order valence-electron chi connectivity index (χ1n) is 33.6. The van der Waals surface area contributed by atoms with Gasteiger partial charge >= 0.3 is 46.2 Å². The number of carboxylic acid groups (broad SMARTS) is 1. The topological polar surface area (TPSA) is 363 Å². The van der Waals surface area contributed by atoms with Gasteiger partial charge in [-0.1, -0.05) is 103 Å². The number of hydrogen-bond acceptors (Lipinski definition) is 21. The lowest BCUT2D eigenvalue weighted by Gasteiger charge is -2.16. The molecular formula is C64H111N5O23S. The first-order valence-corrected chi connectivity index (χ1v) is 35.0. The van der Waals surface area contributed by atoms with Crippen molar-refractivity contribution in [2.24, 2.45) is 29.6 Å². The van der Waals surface area contributed by atoms with Gasteiger partial charge in [-0.25, -0.2) is 4.18 Å². The highest BCUT2D eigenvalue weighted by Gasteiger charge is 2.39. The Kier molecular flexibility index (Phi) is 46.0. The lowest BCUT2D eigenvalue weighted by molar-refractivity contribution is -0.148. The molecule has 5 fully saturated rings. The van der Waals surface area contributed by atoms with Gasteiger partial charge in [0.1, 0.15) is 0 Å². The maximum absolute atomic E-state index is 12.0. The van der Waals surface area contributed by atoms with E-state index in [9.17, 15) is 61.2 Å². The molecule has 0 bridgehead atoms. The van der Waals surface area contributed by atoms with E-state index in [4.69, 9.17) is 43.2 Å². The van der Waals surface area contributed by atoms with Crippen LogP contribution in [-0.4, -0.2) is 238 Å². The van der Waals surface area contributed by atoms with E-state index in [1.165, 1.54) is 106 Å². The Labute approximate surface area is 551 Å². The zero-order chi connectivity index (χ0) is 69.6. The second kappa shape index (κ2) is 50.4. The molecule has 0 saturated carbocycles. The molecule has 5 unspecified atom stereocenters. The monoisotopic (exact) mass is 1350 g/mol. The number of ether oxygens (including phenoxy) is 6. The highest BCUT2D eigenvalue weighted by atomic mass is 32.3. The van der Waals surface area contributed by atoms with Gasteiger partial charge in [0.25, 0.3) is 0 Å². The predicted octanol–water partition coefficient (Wildman–Crippen LogP) is 5.57. The molecule has 5 saturated heterocycles. The van der Waals surface area contributed by atoms with Crippen LogP contribution in [0, 0.1) is 29.6 Å². The number of esters is 5. The van der Waals surface area contributed by atoms with Crippen molar-refractivity contribution in [3.05, 3.63) is 0 Å². The summed E-state index contributed by atoms with van der Waals surface area (Å²) < 4.78 is 62.3. The van der Waals surface area contributed by atoms with Crippen LogP contribution >= 0.6 is 0 Å². The number of rotatable bonds is 40. The van der Waals surface area contributed by atoms with Crippen LogP contribution in [0.25, 0.3) is 0 Å². The summed E-state index contributed by atoms with van der Waals surface area (Å²) in [6, 6.07) is 0. The fourth-order valence-electron chi connectivity index (χ4n) is 10.8. The summed E-state index contributed by atoms with van der Waals surface area (Å²) in [7, 11) is -2.91. The van der Waals surface area contributed by atoms with Crippen molar-refractivity contribution in [3.8, 4) is 0 Å². The largest absolute Gasteiger partial charge is 0.481 e. The highest BCUT2D eigenvalue weighted by molar-refractivity contribution is 7.80. The fourth-order valence-corrected chi connectivity index (χ4v) is 11.1. The van der Waals surface area contributed by atoms with Gasteiger partial charge in [-0.15, -0.1) is 0 Å². The van der Waals surface area contributed by atoms with Crippen LogP contribution in [0.3, 0.4) is 0 Å². The van der Waals surface area contributed by atoms with Crippen molar-refractivity contribution in [1.29, 1.82) is 0 Å². The van der Waals surface area contributed by atoms with Crippen molar-refractivity contribution < 1.29 is 109 Å². The Morgan fingerprint density at radius 2 is 0.656 bits per heavy atom. The Bertz CT molecular complexity index is 2310. The maximum atomic E-state index is 12.0. The molecular weight excluding hydrogens is 1240 g/mol. The average molecular weight is 1350 g/mol. The predicted molar refractivity (Wildman–Crippen MR) is 339 cm³/mol. The van der Waals surface area contributed by atoms with E-state index in [-0.39, 0.29) is 149 Å². The van der Waals surface area contributed by atoms with Crippen LogP contribution in [-0.2, 0) is 95.7 Å². The van der Waals surface area contributed by atoms with E-state index in [0.29, 0.717) is 78.6 Å². The molecule has 0 aromatic carbocycles. The zero-order valence-electron chi connectivity index (χ0n) is 56.5. The normalized spacial score (nSPS) is 19.2. The molecule has 3 N–H and O–H groups in total. The number of unbranched alkanes of at least 4 members (excludes halogenated alkanes) is 15. The summed E-state index contributed by atoms with van der Waals surface area (Å²) in [6.45, 7) is 16.7. The minimum absolute atomic E-state index is 0.00473. The summed E-state index contributed by atoms with van der Waals surface area (Å²) in [4.78, 5) is 133. The van der Waals surface area contributed by atoms with E-state index in [2.05, 4.69) is 11.1 Å². The molecule has 29 heteroatoms. The number of aliphatic hydroxyl groups is 1. The molecule has 536 valence electrons. The third kappa shape index (κ3) is 37.6. The maximum Gasteiger partial charge on any atom is 0.397 e. The quantitative estimate of drug-likeness (QED) is 0.0292. The molecule has 5 amide bonds. The number of amides is 5. The van der Waals surface area contributed by atoms with Crippen molar-refractivity contribution in [2.75, 3.05) is 125 Å². The zero-order valence-corrected chi connectivity index (χ0v) is 57.3. The van der Waals surface area contributed by atoms with Crippen LogP contribution in [0.4, 0.5) is 0 Å². The lowest BCUT2D eigenvalue weighted by Crippen LogP contribution is -2.30. The molecule has 5 heterocycles. The smallest absolute Gasteiger partial charge is 0.397 e. The molecule has 5 atom stereocenters. The van der Waals surface area contributed by atoms with Crippen LogP contribution in [0.15, 0.2) is 0 Å². The SMILES string of the molecule is CCCCCCCCCCCCCCCCCCN1CC(C(=O)OCC)CC1=O.CCOC(=O)C1CC(=O)N(CCC(=O)O)C1.CCOC(=O)C1CC(=O)N(CCCO)C1.CCOC(=O)C1CC(=O)N(CCOC)C1.CCOC(=O)C1CC(=O)N(CCOS(=O)(=O)O)C1. The summed E-state index contributed by atoms with van der Waals surface area (Å²) in [6.07, 6.45) is 23.2. The van der Waals surface area contributed by atoms with Gasteiger partial charge in [0, 0.05) is 111 Å². The van der Waals surface area contributed by atoms with Crippen LogP contribution in [0.2, 0.25) is 0 Å². The lowest BCUT2D eigenvalue weighted by atomic mass is 10.0. The Hall–Kier alpha value is -6.04. The van der Waals surface area contributed by atoms with E-state index >= 15 is 0 Å². The number of carboxylic acids is 1. The summed E-state index contributed by atoms with van der Waals surface area (Å²) in [5.74, 6) is -4.75. The number of aliphatic hydroxyl groups excluding tert-OH is 1. The molecule has 5 aliphatic heterocycles. The van der Waals surface area contributed by atoms with Gasteiger partial charge in [0.15, 0.2) is 0 Å². The molecule has 28 nitrogen and oxygen atoms in total. The van der Waals surface area contributed by atoms with Gasteiger partial charge in [-0.3, -0.25) is 57.3 Å². The van der Waals surface area contributed by atoms with Crippen LogP contribution in [0.1, 0.15) is 189 Å². The van der Waals surface area contributed by atoms with E-state index in [0.717, 1.165) is 13.0 Å². The number of carbonyl (C=O) groups excluding carboxylic acids is 10. The highest BCUT2D eigenvalue weighted by Crippen LogP contribution is 2.24. The Morgan fingerprint density at radius 1 is 0.398 bits per heavy atom. The molecule has 5 rings (SSSR count). The third-order valence-corrected chi connectivity index (χ3v) is 16.3. The number of nitrogens with zero attached hydrogens (tertiary/aromatic N) is 5. The van der Waals surface area contributed by atoms with Gasteiger partial charge in [-0.05, 0) is 47.5 Å². The standard InChI is InChI=1S/C25H47NO3.C10H15NO5.2C10H17NO4.C9H15NO7S/c1-3-5-6-7-8-9-10-11-12-13-14-15-16-17-18-19-20-26-22-23(21-24(26)27)25(28)29-4-2;1-2-16-10(15)7-5-8(12)11(6-7)4-3-9(13)14;1-3-15-10(13)8-6-9(12)11(7-8)4-5-14-2;1-2-15-10(14)8-6-9(13)11(7-8)4-3-5-12;1-2-16-9(12)7-5-8(11)10(6-7)3-4-17-18(13,14)15/h23H,3-22H2,1-2H3;7H,2-6H2,1H3,(H,13,14);8H,3-7H2,1-2H3;8,12H,2-7H2,1H3;7H,2-6H2,1H3,(H,13,14,15). The minimum atomic E-state index is -4.50. The molecule has 0 aromatic heterocycles. The number of carbonyl (C=O) groups is 11. The minimum Gasteiger partial charge on any atom is -0.481 e. The van der Waals surface area contributed by atoms with Gasteiger partial charge in [-0.2, -0.15) is 8.42 Å². The number of hydrogen-bond donors (Lipinski definition) is 3. The average Bonchev–Trinajstić information content (AvgIpc) is 1.82. The van der Waals surface area contributed by atoms with Gasteiger partial charge in [0.05, 0.1) is 82.3 Å². The third-order valence-electron chi connectivity index (χ3n) is 15.8. The van der Waals surface area contributed by atoms with Crippen molar-refractivity contribution in [1.82, 2.24) is 24.5 Å².